The lowest BCUT2D eigenvalue weighted by atomic mass is 10.1. The van der Waals surface area contributed by atoms with Crippen LogP contribution in [0.25, 0.3) is 0 Å². The number of hydrogen-bond donors (Lipinski definition) is 0. The summed E-state index contributed by atoms with van der Waals surface area (Å²) in [6, 6.07) is 0.821. The molecule has 0 saturated heterocycles. The smallest absolute Gasteiger partial charge is 0.166 e. The van der Waals surface area contributed by atoms with Gasteiger partial charge in [0.25, 0.3) is 0 Å². The van der Waals surface area contributed by atoms with Crippen LogP contribution in [0.1, 0.15) is 11.1 Å². The second kappa shape index (κ2) is 4.50. The van der Waals surface area contributed by atoms with E-state index in [9.17, 15) is 26.3 Å². The van der Waals surface area contributed by atoms with Crippen molar-refractivity contribution < 1.29 is 26.3 Å². The van der Waals surface area contributed by atoms with E-state index in [0.29, 0.717) is 6.07 Å². The molecule has 0 radical (unpaired) electrons. The van der Waals surface area contributed by atoms with Crippen molar-refractivity contribution in [2.75, 3.05) is 0 Å². The van der Waals surface area contributed by atoms with Gasteiger partial charge in [0, 0.05) is 7.14 Å². The second-order valence-electron chi connectivity index (χ2n) is 2.82. The van der Waals surface area contributed by atoms with E-state index in [2.05, 4.69) is 0 Å². The Balaban J connectivity index is 3.46. The third kappa shape index (κ3) is 3.14. The molecule has 1 rings (SSSR count). The van der Waals surface area contributed by atoms with Gasteiger partial charge in [-0.05, 0) is 57.3 Å². The maximum absolute atomic E-state index is 12.4. The molecule has 0 aliphatic carbocycles. The molecule has 0 amide bonds. The van der Waals surface area contributed by atoms with Crippen LogP contribution >= 0.6 is 45.2 Å². The first kappa shape index (κ1) is 14.3. The monoisotopic (exact) mass is 466 g/mol. The number of halogens is 8. The van der Waals surface area contributed by atoms with Crippen LogP contribution < -0.4 is 0 Å². The molecule has 0 spiro atoms. The summed E-state index contributed by atoms with van der Waals surface area (Å²) in [6.45, 7) is 0. The van der Waals surface area contributed by atoms with Crippen LogP contribution in [0.4, 0.5) is 26.3 Å². The summed E-state index contributed by atoms with van der Waals surface area (Å²) in [5.41, 5.74) is -2.54. The Kier molecular flexibility index (Phi) is 4.03. The predicted molar refractivity (Wildman–Crippen MR) is 61.9 cm³/mol. The minimum Gasteiger partial charge on any atom is -0.166 e. The molecule has 0 N–H and O–H groups in total. The molecule has 90 valence electrons. The van der Waals surface area contributed by atoms with Crippen molar-refractivity contribution in [2.24, 2.45) is 0 Å². The molecule has 1 aromatic carbocycles. The lowest BCUT2D eigenvalue weighted by Gasteiger charge is -2.14. The first-order chi connectivity index (χ1) is 7.03. The Hall–Kier alpha value is 0.260. The molecule has 0 bridgehead atoms. The molecule has 0 aromatic heterocycles. The molecular formula is C8H2F6I2. The SMILES string of the molecule is FC(F)(F)c1cc(I)c(I)c(C(F)(F)F)c1. The molecule has 16 heavy (non-hydrogen) atoms. The van der Waals surface area contributed by atoms with Crippen molar-refractivity contribution in [1.29, 1.82) is 0 Å². The van der Waals surface area contributed by atoms with Gasteiger partial charge in [0.2, 0.25) is 0 Å². The quantitative estimate of drug-likeness (QED) is 0.376. The first-order valence-electron chi connectivity index (χ1n) is 3.67. The van der Waals surface area contributed by atoms with Crippen LogP contribution in [0.2, 0.25) is 0 Å². The maximum atomic E-state index is 12.4. The van der Waals surface area contributed by atoms with Gasteiger partial charge >= 0.3 is 12.4 Å². The average Bonchev–Trinajstić information content (AvgIpc) is 2.05. The van der Waals surface area contributed by atoms with Gasteiger partial charge in [0.05, 0.1) is 11.1 Å². The third-order valence-corrected chi connectivity index (χ3v) is 4.71. The van der Waals surface area contributed by atoms with Crippen LogP contribution in [0.5, 0.6) is 0 Å². The van der Waals surface area contributed by atoms with Crippen molar-refractivity contribution in [3.05, 3.63) is 30.4 Å². The van der Waals surface area contributed by atoms with Crippen molar-refractivity contribution in [2.45, 2.75) is 12.4 Å². The molecule has 0 heterocycles. The summed E-state index contributed by atoms with van der Waals surface area (Å²) < 4.78 is 73.9. The highest BCUT2D eigenvalue weighted by molar-refractivity contribution is 14.1. The van der Waals surface area contributed by atoms with Crippen LogP contribution in [0, 0.1) is 7.14 Å². The lowest BCUT2D eigenvalue weighted by Crippen LogP contribution is -2.13. The highest BCUT2D eigenvalue weighted by Gasteiger charge is 2.38. The van der Waals surface area contributed by atoms with Gasteiger partial charge in [0.15, 0.2) is 0 Å². The van der Waals surface area contributed by atoms with Crippen molar-refractivity contribution in [1.82, 2.24) is 0 Å². The molecule has 0 nitrogen and oxygen atoms in total. The molecular weight excluding hydrogens is 464 g/mol. The highest BCUT2D eigenvalue weighted by Crippen LogP contribution is 2.39. The van der Waals surface area contributed by atoms with Crippen LogP contribution in [0.3, 0.4) is 0 Å². The molecule has 0 fully saturated rings. The van der Waals surface area contributed by atoms with Gasteiger partial charge in [0.1, 0.15) is 0 Å². The van der Waals surface area contributed by atoms with E-state index in [1.54, 1.807) is 0 Å². The normalized spacial score (nSPS) is 13.0. The lowest BCUT2D eigenvalue weighted by molar-refractivity contribution is -0.143. The summed E-state index contributed by atoms with van der Waals surface area (Å²) in [5.74, 6) is 0. The van der Waals surface area contributed by atoms with Crippen LogP contribution in [0.15, 0.2) is 12.1 Å². The third-order valence-electron chi connectivity index (χ3n) is 1.66. The van der Waals surface area contributed by atoms with Crippen molar-refractivity contribution in [3.63, 3.8) is 0 Å². The molecule has 0 aliphatic heterocycles. The second-order valence-corrected chi connectivity index (χ2v) is 5.06. The summed E-state index contributed by atoms with van der Waals surface area (Å²) in [5, 5.41) is 0. The zero-order valence-corrected chi connectivity index (χ0v) is 11.5. The van der Waals surface area contributed by atoms with Gasteiger partial charge in [-0.15, -0.1) is 0 Å². The van der Waals surface area contributed by atoms with Gasteiger partial charge < -0.3 is 0 Å². The molecule has 0 atom stereocenters. The minimum atomic E-state index is -4.78. The minimum absolute atomic E-state index is 0.0691. The molecule has 0 aliphatic rings. The fourth-order valence-corrected chi connectivity index (χ4v) is 2.20. The summed E-state index contributed by atoms with van der Waals surface area (Å²) in [4.78, 5) is 0. The zero-order chi connectivity index (χ0) is 12.7. The Morgan fingerprint density at radius 3 is 1.69 bits per heavy atom. The van der Waals surface area contributed by atoms with E-state index >= 15 is 0 Å². The number of rotatable bonds is 0. The largest absolute Gasteiger partial charge is 0.417 e. The summed E-state index contributed by atoms with van der Waals surface area (Å²) in [7, 11) is 0. The van der Waals surface area contributed by atoms with E-state index in [1.165, 1.54) is 45.2 Å². The number of hydrogen-bond acceptors (Lipinski definition) is 0. The van der Waals surface area contributed by atoms with E-state index in [-0.39, 0.29) is 13.2 Å². The van der Waals surface area contributed by atoms with Gasteiger partial charge in [-0.3, -0.25) is 0 Å². The van der Waals surface area contributed by atoms with Crippen LogP contribution in [-0.2, 0) is 12.4 Å². The number of alkyl halides is 6. The first-order valence-corrected chi connectivity index (χ1v) is 5.82. The average molecular weight is 466 g/mol. The van der Waals surface area contributed by atoms with E-state index in [1.807, 2.05) is 0 Å². The fraction of sp³-hybridized carbons (Fsp3) is 0.250. The summed E-state index contributed by atoms with van der Waals surface area (Å²) in [6.07, 6.45) is -9.55. The zero-order valence-electron chi connectivity index (χ0n) is 7.18. The summed E-state index contributed by atoms with van der Waals surface area (Å²) >= 11 is 2.83. The Bertz CT molecular complexity index is 406. The van der Waals surface area contributed by atoms with Crippen molar-refractivity contribution in [3.8, 4) is 0 Å². The topological polar surface area (TPSA) is 0 Å². The molecule has 1 aromatic rings. The van der Waals surface area contributed by atoms with Crippen LogP contribution in [-0.4, -0.2) is 0 Å². The van der Waals surface area contributed by atoms with E-state index in [0.717, 1.165) is 0 Å². The highest BCUT2D eigenvalue weighted by atomic mass is 127. The van der Waals surface area contributed by atoms with E-state index < -0.39 is 23.5 Å². The number of benzene rings is 1. The van der Waals surface area contributed by atoms with Crippen molar-refractivity contribution >= 4 is 45.2 Å². The van der Waals surface area contributed by atoms with Gasteiger partial charge in [-0.1, -0.05) is 0 Å². The molecule has 8 heteroatoms. The van der Waals surface area contributed by atoms with Gasteiger partial charge in [-0.25, -0.2) is 0 Å². The maximum Gasteiger partial charge on any atom is 0.417 e. The van der Waals surface area contributed by atoms with E-state index in [4.69, 9.17) is 0 Å². The molecule has 0 unspecified atom stereocenters. The Morgan fingerprint density at radius 2 is 1.31 bits per heavy atom. The van der Waals surface area contributed by atoms with Gasteiger partial charge in [-0.2, -0.15) is 26.3 Å². The molecule has 0 saturated carbocycles. The predicted octanol–water partition coefficient (Wildman–Crippen LogP) is 4.93. The Labute approximate surface area is 114 Å². The Morgan fingerprint density at radius 1 is 0.812 bits per heavy atom. The standard InChI is InChI=1S/C8H2F6I2/c9-7(10,11)3-1-4(8(12,13)14)6(16)5(15)2-3/h1-2H. The fourth-order valence-electron chi connectivity index (χ4n) is 0.959.